The number of hydrogen-bond acceptors (Lipinski definition) is 1. The molecule has 0 saturated carbocycles. The summed E-state index contributed by atoms with van der Waals surface area (Å²) in [5.74, 6) is 0. The molecular formula is CH6B2O. The van der Waals surface area contributed by atoms with E-state index in [1.807, 2.05) is 6.82 Å². The van der Waals surface area contributed by atoms with Gasteiger partial charge in [0.2, 0.25) is 7.37 Å². The van der Waals surface area contributed by atoms with Gasteiger partial charge in [-0.25, -0.2) is 0 Å². The first-order valence-electron chi connectivity index (χ1n) is 1.52. The highest BCUT2D eigenvalue weighted by Gasteiger charge is 1.69. The maximum Gasteiger partial charge on any atom is 0.229 e. The lowest BCUT2D eigenvalue weighted by molar-refractivity contribution is 0.621. The summed E-state index contributed by atoms with van der Waals surface area (Å²) in [4.78, 5) is 0. The molecule has 0 aliphatic carbocycles. The summed E-state index contributed by atoms with van der Waals surface area (Å²) in [6.07, 6.45) is 0. The zero-order valence-corrected chi connectivity index (χ0v) is 2.86. The van der Waals surface area contributed by atoms with Crippen molar-refractivity contribution in [1.29, 1.82) is 0 Å². The van der Waals surface area contributed by atoms with Crippen molar-refractivity contribution in [2.75, 3.05) is 0 Å². The van der Waals surface area contributed by atoms with Gasteiger partial charge in [0.25, 0.3) is 0 Å². The van der Waals surface area contributed by atoms with Crippen molar-refractivity contribution < 1.29 is 5.02 Å². The second-order valence-corrected chi connectivity index (χ2v) is 0.724. The van der Waals surface area contributed by atoms with E-state index < -0.39 is 0 Å². The normalized spacial score (nSPS) is 5.50. The van der Waals surface area contributed by atoms with Gasteiger partial charge in [0.1, 0.15) is 7.17 Å². The van der Waals surface area contributed by atoms with Gasteiger partial charge in [0, 0.05) is 0 Å². The third-order valence-corrected chi connectivity index (χ3v) is 0.224. The Bertz CT molecular complexity index is 8.00. The molecule has 0 radical (unpaired) electrons. The van der Waals surface area contributed by atoms with Crippen LogP contribution in [0.1, 0.15) is 0 Å². The lowest BCUT2D eigenvalue weighted by Gasteiger charge is -1.60. The molecule has 0 heterocycles. The highest BCUT2D eigenvalue weighted by molar-refractivity contribution is 6.95. The highest BCUT2D eigenvalue weighted by Crippen LogP contribution is 1.37. The Labute approximate surface area is 27.5 Å². The Kier molecular flexibility index (Phi) is 3.16. The minimum absolute atomic E-state index is 0.319. The SMILES string of the molecule is CBBO. The zero-order valence-electron chi connectivity index (χ0n) is 2.86. The van der Waals surface area contributed by atoms with Crippen LogP contribution in [0.25, 0.3) is 0 Å². The maximum absolute atomic E-state index is 7.88. The molecule has 0 aromatic carbocycles. The Balaban J connectivity index is 1.97. The van der Waals surface area contributed by atoms with Gasteiger partial charge in [-0.2, -0.15) is 0 Å². The third kappa shape index (κ3) is 2.09. The first-order chi connectivity index (χ1) is 1.91. The molecule has 0 amide bonds. The molecule has 0 spiro atoms. The first-order valence-corrected chi connectivity index (χ1v) is 1.52. The van der Waals surface area contributed by atoms with Gasteiger partial charge < -0.3 is 5.02 Å². The van der Waals surface area contributed by atoms with E-state index in [0.717, 1.165) is 7.17 Å². The molecule has 0 rings (SSSR count). The predicted octanol–water partition coefficient (Wildman–Crippen LogP) is -1.27. The molecule has 0 saturated heterocycles. The second kappa shape index (κ2) is 3.09. The minimum Gasteiger partial charge on any atom is -0.463 e. The van der Waals surface area contributed by atoms with Crippen LogP contribution in [0, 0.1) is 0 Å². The fraction of sp³-hybridized carbons (Fsp3) is 1.00. The summed E-state index contributed by atoms with van der Waals surface area (Å²) in [6, 6.07) is 0. The van der Waals surface area contributed by atoms with Crippen molar-refractivity contribution in [3.8, 4) is 0 Å². The molecule has 0 aliphatic heterocycles. The molecule has 0 aliphatic rings. The zero-order chi connectivity index (χ0) is 3.41. The van der Waals surface area contributed by atoms with Crippen LogP contribution < -0.4 is 0 Å². The van der Waals surface area contributed by atoms with Crippen LogP contribution in [0.3, 0.4) is 0 Å². The summed E-state index contributed by atoms with van der Waals surface area (Å²) in [5, 5.41) is 7.88. The van der Waals surface area contributed by atoms with Crippen LogP contribution in [0.5, 0.6) is 0 Å². The first kappa shape index (κ1) is 4.09. The lowest BCUT2D eigenvalue weighted by atomic mass is 9.53. The topological polar surface area (TPSA) is 20.2 Å². The molecule has 0 bridgehead atoms. The minimum atomic E-state index is 0.319. The van der Waals surface area contributed by atoms with Crippen molar-refractivity contribution in [3.05, 3.63) is 0 Å². The highest BCUT2D eigenvalue weighted by atomic mass is 16.2. The summed E-state index contributed by atoms with van der Waals surface area (Å²) >= 11 is 0. The number of rotatable bonds is 1. The van der Waals surface area contributed by atoms with Crippen LogP contribution in [0.2, 0.25) is 6.82 Å². The van der Waals surface area contributed by atoms with E-state index >= 15 is 0 Å². The van der Waals surface area contributed by atoms with Gasteiger partial charge in [-0.1, -0.05) is 6.82 Å². The molecule has 0 unspecified atom stereocenters. The second-order valence-electron chi connectivity index (χ2n) is 0.724. The standard InChI is InChI=1S/CH6B2O/c1-2-3-4/h2-4H,1H3. The van der Waals surface area contributed by atoms with Crippen molar-refractivity contribution in [2.45, 2.75) is 6.82 Å². The molecule has 22 valence electrons. The predicted molar refractivity (Wildman–Crippen MR) is 22.4 cm³/mol. The molecule has 1 nitrogen and oxygen atoms in total. The molecule has 0 aromatic heterocycles. The molecule has 0 aromatic rings. The Hall–Kier alpha value is 0.0899. The van der Waals surface area contributed by atoms with Gasteiger partial charge in [-0.15, -0.1) is 0 Å². The van der Waals surface area contributed by atoms with Gasteiger partial charge in [0.05, 0.1) is 0 Å². The van der Waals surface area contributed by atoms with Crippen LogP contribution in [0.4, 0.5) is 0 Å². The summed E-state index contributed by atoms with van der Waals surface area (Å²) in [5.41, 5.74) is 0. The van der Waals surface area contributed by atoms with E-state index in [9.17, 15) is 0 Å². The largest absolute Gasteiger partial charge is 0.463 e. The van der Waals surface area contributed by atoms with Crippen LogP contribution in [-0.4, -0.2) is 19.6 Å². The van der Waals surface area contributed by atoms with E-state index in [4.69, 9.17) is 5.02 Å². The van der Waals surface area contributed by atoms with Crippen molar-refractivity contribution >= 4 is 14.5 Å². The van der Waals surface area contributed by atoms with Gasteiger partial charge in [0.15, 0.2) is 0 Å². The van der Waals surface area contributed by atoms with E-state index in [0.29, 0.717) is 7.37 Å². The molecule has 0 fully saturated rings. The lowest BCUT2D eigenvalue weighted by Crippen LogP contribution is -1.92. The fourth-order valence-corrected chi connectivity index (χ4v) is 0. The van der Waals surface area contributed by atoms with Gasteiger partial charge >= 0.3 is 0 Å². The summed E-state index contributed by atoms with van der Waals surface area (Å²) in [7, 11) is 1.19. The third-order valence-electron chi connectivity index (χ3n) is 0.224. The average Bonchev–Trinajstić information content (AvgIpc) is 1.37. The van der Waals surface area contributed by atoms with E-state index in [2.05, 4.69) is 0 Å². The summed E-state index contributed by atoms with van der Waals surface area (Å²) < 4.78 is 0. The maximum atomic E-state index is 7.88. The van der Waals surface area contributed by atoms with E-state index in [1.54, 1.807) is 0 Å². The molecule has 0 atom stereocenters. The van der Waals surface area contributed by atoms with Gasteiger partial charge in [-0.3, -0.25) is 0 Å². The quantitative estimate of drug-likeness (QED) is 0.371. The molecular weight excluding hydrogens is 49.6 g/mol. The van der Waals surface area contributed by atoms with Crippen LogP contribution in [-0.2, 0) is 0 Å². The van der Waals surface area contributed by atoms with Gasteiger partial charge in [-0.05, 0) is 0 Å². The Morgan fingerprint density at radius 2 is 2.00 bits per heavy atom. The summed E-state index contributed by atoms with van der Waals surface area (Å²) in [6.45, 7) is 1.93. The monoisotopic (exact) mass is 56.1 g/mol. The smallest absolute Gasteiger partial charge is 0.229 e. The van der Waals surface area contributed by atoms with Crippen molar-refractivity contribution in [2.24, 2.45) is 0 Å². The average molecular weight is 55.7 g/mol. The fourth-order valence-electron chi connectivity index (χ4n) is 0. The van der Waals surface area contributed by atoms with E-state index in [1.165, 1.54) is 0 Å². The molecule has 4 heavy (non-hydrogen) atoms. The van der Waals surface area contributed by atoms with Crippen LogP contribution in [0.15, 0.2) is 0 Å². The Morgan fingerprint density at radius 3 is 2.00 bits per heavy atom. The number of hydrogen-bond donors (Lipinski definition) is 1. The molecule has 3 heteroatoms. The van der Waals surface area contributed by atoms with Crippen molar-refractivity contribution in [3.63, 3.8) is 0 Å². The Morgan fingerprint density at radius 1 is 1.75 bits per heavy atom. The van der Waals surface area contributed by atoms with E-state index in [-0.39, 0.29) is 0 Å². The van der Waals surface area contributed by atoms with Crippen LogP contribution >= 0.6 is 0 Å². The molecule has 1 N–H and O–H groups in total. The van der Waals surface area contributed by atoms with Crippen molar-refractivity contribution in [1.82, 2.24) is 0 Å².